The molecule has 0 unspecified atom stereocenters. The highest BCUT2D eigenvalue weighted by molar-refractivity contribution is 7.99. The van der Waals surface area contributed by atoms with Crippen molar-refractivity contribution in [1.82, 2.24) is 4.72 Å². The van der Waals surface area contributed by atoms with E-state index in [4.69, 9.17) is 10.8 Å². The lowest BCUT2D eigenvalue weighted by molar-refractivity contribution is -0.137. The predicted octanol–water partition coefficient (Wildman–Crippen LogP) is 1.33. The van der Waals surface area contributed by atoms with E-state index in [0.717, 1.165) is 11.1 Å². The van der Waals surface area contributed by atoms with Gasteiger partial charge in [0.25, 0.3) is 0 Å². The van der Waals surface area contributed by atoms with Crippen LogP contribution >= 0.6 is 11.8 Å². The van der Waals surface area contributed by atoms with Gasteiger partial charge in [-0.2, -0.15) is 11.8 Å². The summed E-state index contributed by atoms with van der Waals surface area (Å²) in [6, 6.07) is 9.82. The van der Waals surface area contributed by atoms with Crippen LogP contribution in [0.15, 0.2) is 41.3 Å². The molecule has 142 valence electrons. The maximum atomic E-state index is 12.7. The molecule has 26 heavy (non-hydrogen) atoms. The zero-order chi connectivity index (χ0) is 19.3. The fourth-order valence-corrected chi connectivity index (χ4v) is 4.69. The number of nitrogens with one attached hydrogen (secondary N) is 1. The average molecular weight is 398 g/mol. The normalized spacial score (nSPS) is 12.9. The van der Waals surface area contributed by atoms with Crippen molar-refractivity contribution >= 4 is 44.2 Å². The van der Waals surface area contributed by atoms with E-state index >= 15 is 0 Å². The Bertz CT molecular complexity index is 885. The van der Waals surface area contributed by atoms with E-state index in [0.29, 0.717) is 11.1 Å². The highest BCUT2D eigenvalue weighted by atomic mass is 32.2. The zero-order valence-electron chi connectivity index (χ0n) is 14.7. The standard InChI is InChI=1S/C17H23N3O4S2/c1-20(2)15-7-3-6-13-12(15)5-4-8-16(13)26(23,24)19-9-10-25-11-14(18)17(21)22/h3-8,14,19H,9-11,18H2,1-2H3,(H,21,22)/t14-/m0/s1. The van der Waals surface area contributed by atoms with E-state index in [1.807, 2.05) is 37.2 Å². The third-order valence-electron chi connectivity index (χ3n) is 3.78. The van der Waals surface area contributed by atoms with Crippen LogP contribution < -0.4 is 15.4 Å². The van der Waals surface area contributed by atoms with Crippen LogP contribution in [0.2, 0.25) is 0 Å². The topological polar surface area (TPSA) is 113 Å². The van der Waals surface area contributed by atoms with Crippen molar-refractivity contribution in [3.05, 3.63) is 36.4 Å². The average Bonchev–Trinajstić information content (AvgIpc) is 2.59. The van der Waals surface area contributed by atoms with Gasteiger partial charge in [0.05, 0.1) is 4.90 Å². The van der Waals surface area contributed by atoms with Crippen LogP contribution in [0.5, 0.6) is 0 Å². The molecule has 0 bridgehead atoms. The van der Waals surface area contributed by atoms with Crippen LogP contribution in [-0.4, -0.2) is 57.7 Å². The molecular weight excluding hydrogens is 374 g/mol. The number of carbonyl (C=O) groups is 1. The molecule has 2 aromatic rings. The number of carboxylic acids is 1. The number of nitrogens with two attached hydrogens (primary N) is 1. The Hall–Kier alpha value is -1.81. The number of carboxylic acid groups (broad SMARTS) is 1. The maximum absolute atomic E-state index is 12.7. The van der Waals surface area contributed by atoms with Crippen LogP contribution in [0.3, 0.4) is 0 Å². The first-order valence-corrected chi connectivity index (χ1v) is 10.6. The molecule has 1 atom stereocenters. The third kappa shape index (κ3) is 4.88. The summed E-state index contributed by atoms with van der Waals surface area (Å²) in [7, 11) is 0.144. The highest BCUT2D eigenvalue weighted by Crippen LogP contribution is 2.30. The molecule has 0 radical (unpaired) electrons. The largest absolute Gasteiger partial charge is 0.480 e. The number of benzene rings is 2. The van der Waals surface area contributed by atoms with E-state index in [-0.39, 0.29) is 17.2 Å². The van der Waals surface area contributed by atoms with Crippen LogP contribution in [-0.2, 0) is 14.8 Å². The summed E-state index contributed by atoms with van der Waals surface area (Å²) in [6.07, 6.45) is 0. The van der Waals surface area contributed by atoms with Gasteiger partial charge in [-0.1, -0.05) is 24.3 Å². The Morgan fingerprint density at radius 1 is 1.23 bits per heavy atom. The van der Waals surface area contributed by atoms with Gasteiger partial charge in [-0.15, -0.1) is 0 Å². The smallest absolute Gasteiger partial charge is 0.321 e. The first-order valence-electron chi connectivity index (χ1n) is 7.99. The Morgan fingerprint density at radius 3 is 2.54 bits per heavy atom. The Kier molecular flexibility index (Phi) is 6.87. The second-order valence-corrected chi connectivity index (χ2v) is 8.83. The molecule has 7 nitrogen and oxygen atoms in total. The van der Waals surface area contributed by atoms with Crippen molar-refractivity contribution in [2.24, 2.45) is 5.73 Å². The van der Waals surface area contributed by atoms with Gasteiger partial charge in [-0.3, -0.25) is 4.79 Å². The molecule has 2 rings (SSSR count). The van der Waals surface area contributed by atoms with Gasteiger partial charge in [-0.05, 0) is 12.1 Å². The fraction of sp³-hybridized carbons (Fsp3) is 0.353. The van der Waals surface area contributed by atoms with Crippen molar-refractivity contribution in [3.8, 4) is 0 Å². The van der Waals surface area contributed by atoms with Gasteiger partial charge < -0.3 is 15.7 Å². The predicted molar refractivity (Wildman–Crippen MR) is 106 cm³/mol. The van der Waals surface area contributed by atoms with E-state index in [1.54, 1.807) is 18.2 Å². The third-order valence-corrected chi connectivity index (χ3v) is 6.39. The summed E-state index contributed by atoms with van der Waals surface area (Å²) >= 11 is 1.30. The number of fused-ring (bicyclic) bond motifs is 1. The minimum atomic E-state index is -3.68. The van der Waals surface area contributed by atoms with Gasteiger partial charge in [0, 0.05) is 48.6 Å². The van der Waals surface area contributed by atoms with E-state index in [2.05, 4.69) is 4.72 Å². The first kappa shape index (κ1) is 20.5. The van der Waals surface area contributed by atoms with Crippen molar-refractivity contribution in [1.29, 1.82) is 0 Å². The number of sulfonamides is 1. The molecule has 0 aliphatic rings. The van der Waals surface area contributed by atoms with Crippen molar-refractivity contribution in [3.63, 3.8) is 0 Å². The summed E-state index contributed by atoms with van der Waals surface area (Å²) in [5, 5.41) is 10.2. The van der Waals surface area contributed by atoms with Crippen molar-refractivity contribution in [2.75, 3.05) is 37.0 Å². The quantitative estimate of drug-likeness (QED) is 0.547. The van der Waals surface area contributed by atoms with E-state index in [1.165, 1.54) is 11.8 Å². The molecule has 0 aromatic heterocycles. The van der Waals surface area contributed by atoms with Crippen LogP contribution in [0.25, 0.3) is 10.8 Å². The number of anilines is 1. The second kappa shape index (κ2) is 8.72. The number of aliphatic carboxylic acids is 1. The minimum absolute atomic E-state index is 0.198. The lowest BCUT2D eigenvalue weighted by atomic mass is 10.1. The van der Waals surface area contributed by atoms with E-state index in [9.17, 15) is 13.2 Å². The molecule has 0 heterocycles. The number of nitrogens with zero attached hydrogens (tertiary/aromatic N) is 1. The lowest BCUT2D eigenvalue weighted by Crippen LogP contribution is -2.33. The molecule has 0 saturated heterocycles. The molecule has 0 aliphatic heterocycles. The summed E-state index contributed by atoms with van der Waals surface area (Å²) in [4.78, 5) is 12.8. The zero-order valence-corrected chi connectivity index (χ0v) is 16.3. The van der Waals surface area contributed by atoms with Gasteiger partial charge in [-0.25, -0.2) is 13.1 Å². The van der Waals surface area contributed by atoms with Crippen molar-refractivity contribution < 1.29 is 18.3 Å². The Morgan fingerprint density at radius 2 is 1.88 bits per heavy atom. The minimum Gasteiger partial charge on any atom is -0.480 e. The summed E-state index contributed by atoms with van der Waals surface area (Å²) in [5.74, 6) is -0.392. The number of hydrogen-bond donors (Lipinski definition) is 3. The highest BCUT2D eigenvalue weighted by Gasteiger charge is 2.18. The maximum Gasteiger partial charge on any atom is 0.321 e. The summed E-state index contributed by atoms with van der Waals surface area (Å²) in [5.41, 5.74) is 6.36. The number of rotatable bonds is 9. The van der Waals surface area contributed by atoms with Gasteiger partial charge in [0.2, 0.25) is 10.0 Å². The Balaban J connectivity index is 2.12. The van der Waals surface area contributed by atoms with Gasteiger partial charge in [0.15, 0.2) is 0 Å². The molecular formula is C17H23N3O4S2. The molecule has 2 aromatic carbocycles. The molecule has 0 fully saturated rings. The molecule has 0 aliphatic carbocycles. The summed E-state index contributed by atoms with van der Waals surface area (Å²) in [6.45, 7) is 0.198. The van der Waals surface area contributed by atoms with Crippen LogP contribution in [0, 0.1) is 0 Å². The van der Waals surface area contributed by atoms with Crippen LogP contribution in [0.4, 0.5) is 5.69 Å². The van der Waals surface area contributed by atoms with Gasteiger partial charge in [0.1, 0.15) is 6.04 Å². The summed E-state index contributed by atoms with van der Waals surface area (Å²) < 4.78 is 27.9. The monoisotopic (exact) mass is 397 g/mol. The van der Waals surface area contributed by atoms with Crippen molar-refractivity contribution in [2.45, 2.75) is 10.9 Å². The number of thioether (sulfide) groups is 1. The SMILES string of the molecule is CN(C)c1cccc2c(S(=O)(=O)NCCSC[C@H](N)C(=O)O)cccc12. The lowest BCUT2D eigenvalue weighted by Gasteiger charge is -2.17. The molecule has 9 heteroatoms. The van der Waals surface area contributed by atoms with Crippen LogP contribution in [0.1, 0.15) is 0 Å². The Labute approximate surface area is 157 Å². The second-order valence-electron chi connectivity index (χ2n) is 5.94. The molecule has 0 amide bonds. The van der Waals surface area contributed by atoms with Gasteiger partial charge >= 0.3 is 5.97 Å². The number of hydrogen-bond acceptors (Lipinski definition) is 6. The first-order chi connectivity index (χ1) is 12.2. The molecule has 0 spiro atoms. The fourth-order valence-electron chi connectivity index (χ4n) is 2.50. The van der Waals surface area contributed by atoms with E-state index < -0.39 is 22.0 Å². The molecule has 4 N–H and O–H groups in total. The molecule has 0 saturated carbocycles.